The van der Waals surface area contributed by atoms with Crippen molar-refractivity contribution in [2.75, 3.05) is 20.3 Å². The molecule has 0 aromatic heterocycles. The first kappa shape index (κ1) is 13.1. The molecule has 2 fully saturated rings. The highest BCUT2D eigenvalue weighted by Crippen LogP contribution is 2.40. The summed E-state index contributed by atoms with van der Waals surface area (Å²) in [5.41, 5.74) is 2.34. The minimum Gasteiger partial charge on any atom is -0.383 e. The zero-order valence-corrected chi connectivity index (χ0v) is 11.6. The number of amides is 1. The summed E-state index contributed by atoms with van der Waals surface area (Å²) in [5.74, 6) is 1.18. The van der Waals surface area contributed by atoms with Gasteiger partial charge in [0.25, 0.3) is 5.91 Å². The van der Waals surface area contributed by atoms with Gasteiger partial charge < -0.3 is 10.1 Å². The first-order chi connectivity index (χ1) is 9.78. The van der Waals surface area contributed by atoms with E-state index in [0.717, 1.165) is 5.56 Å². The summed E-state index contributed by atoms with van der Waals surface area (Å²) in [5, 5.41) is 5.91. The van der Waals surface area contributed by atoms with Gasteiger partial charge in [-0.2, -0.15) is 0 Å². The standard InChI is InChI=1S/C15H19N3O2/c1-20-8-7-16-15-17-13(14(19)18-15)12-4-2-3-11(9-12)10-5-6-10/h2-4,9-10,13H,5-8H2,1H3,(H2,16,17,18,19). The number of rotatable bonds is 5. The Balaban J connectivity index is 1.72. The Morgan fingerprint density at radius 3 is 2.90 bits per heavy atom. The molecular weight excluding hydrogens is 254 g/mol. The number of hydrogen-bond acceptors (Lipinski definition) is 3. The molecule has 1 heterocycles. The molecule has 5 heteroatoms. The SMILES string of the molecule is COCCN=C1NC(=O)C(c2cccc(C3CC3)c2)N1. The summed E-state index contributed by atoms with van der Waals surface area (Å²) in [7, 11) is 1.63. The number of aliphatic imine (C=N–C) groups is 1. The minimum atomic E-state index is -0.338. The normalized spacial score (nSPS) is 23.8. The van der Waals surface area contributed by atoms with Crippen molar-refractivity contribution in [2.24, 2.45) is 4.99 Å². The van der Waals surface area contributed by atoms with Gasteiger partial charge in [-0.3, -0.25) is 15.1 Å². The molecule has 1 atom stereocenters. The number of carbonyl (C=O) groups is 1. The molecule has 0 spiro atoms. The molecule has 1 aliphatic heterocycles. The summed E-state index contributed by atoms with van der Waals surface area (Å²) < 4.78 is 4.94. The Morgan fingerprint density at radius 1 is 1.35 bits per heavy atom. The average Bonchev–Trinajstić information content (AvgIpc) is 3.24. The molecule has 5 nitrogen and oxygen atoms in total. The van der Waals surface area contributed by atoms with Crippen molar-refractivity contribution in [1.29, 1.82) is 0 Å². The molecule has 1 saturated carbocycles. The zero-order valence-electron chi connectivity index (χ0n) is 11.6. The van der Waals surface area contributed by atoms with Crippen molar-refractivity contribution in [2.45, 2.75) is 24.8 Å². The fraction of sp³-hybridized carbons (Fsp3) is 0.467. The van der Waals surface area contributed by atoms with Crippen LogP contribution in [0.25, 0.3) is 0 Å². The monoisotopic (exact) mass is 273 g/mol. The van der Waals surface area contributed by atoms with Gasteiger partial charge >= 0.3 is 0 Å². The summed E-state index contributed by atoms with van der Waals surface area (Å²) in [4.78, 5) is 16.3. The third-order valence-electron chi connectivity index (χ3n) is 3.64. The van der Waals surface area contributed by atoms with E-state index in [1.54, 1.807) is 7.11 Å². The van der Waals surface area contributed by atoms with Crippen LogP contribution in [0, 0.1) is 0 Å². The topological polar surface area (TPSA) is 62.7 Å². The molecule has 1 aromatic rings. The maximum Gasteiger partial charge on any atom is 0.253 e. The van der Waals surface area contributed by atoms with Gasteiger partial charge in [-0.15, -0.1) is 0 Å². The molecule has 2 N–H and O–H groups in total. The molecule has 3 rings (SSSR count). The van der Waals surface area contributed by atoms with E-state index >= 15 is 0 Å². The van der Waals surface area contributed by atoms with Crippen LogP contribution < -0.4 is 10.6 Å². The molecule has 1 unspecified atom stereocenters. The van der Waals surface area contributed by atoms with Crippen molar-refractivity contribution in [3.8, 4) is 0 Å². The fourth-order valence-electron chi connectivity index (χ4n) is 2.40. The summed E-state index contributed by atoms with van der Waals surface area (Å²) in [6.07, 6.45) is 2.52. The van der Waals surface area contributed by atoms with Gasteiger partial charge in [0, 0.05) is 7.11 Å². The van der Waals surface area contributed by atoms with Crippen molar-refractivity contribution >= 4 is 11.9 Å². The predicted molar refractivity (Wildman–Crippen MR) is 76.6 cm³/mol. The van der Waals surface area contributed by atoms with Crippen LogP contribution in [0.1, 0.15) is 35.9 Å². The molecule has 1 aromatic carbocycles. The van der Waals surface area contributed by atoms with E-state index in [2.05, 4.69) is 27.8 Å². The largest absolute Gasteiger partial charge is 0.383 e. The van der Waals surface area contributed by atoms with E-state index in [9.17, 15) is 4.79 Å². The van der Waals surface area contributed by atoms with Crippen LogP contribution in [0.2, 0.25) is 0 Å². The lowest BCUT2D eigenvalue weighted by Gasteiger charge is -2.09. The molecule has 106 valence electrons. The Kier molecular flexibility index (Phi) is 3.69. The highest BCUT2D eigenvalue weighted by molar-refractivity contribution is 6.06. The van der Waals surface area contributed by atoms with Crippen molar-refractivity contribution in [3.63, 3.8) is 0 Å². The van der Waals surface area contributed by atoms with E-state index in [0.29, 0.717) is 25.0 Å². The zero-order chi connectivity index (χ0) is 13.9. The molecule has 20 heavy (non-hydrogen) atoms. The lowest BCUT2D eigenvalue weighted by molar-refractivity contribution is -0.120. The number of hydrogen-bond donors (Lipinski definition) is 2. The van der Waals surface area contributed by atoms with Crippen molar-refractivity contribution in [1.82, 2.24) is 10.6 Å². The van der Waals surface area contributed by atoms with E-state index in [4.69, 9.17) is 4.74 Å². The van der Waals surface area contributed by atoms with Crippen LogP contribution in [0.5, 0.6) is 0 Å². The van der Waals surface area contributed by atoms with Crippen LogP contribution >= 0.6 is 0 Å². The smallest absolute Gasteiger partial charge is 0.253 e. The minimum absolute atomic E-state index is 0.0471. The molecule has 2 aliphatic rings. The lowest BCUT2D eigenvalue weighted by Crippen LogP contribution is -2.26. The predicted octanol–water partition coefficient (Wildman–Crippen LogP) is 1.33. The number of nitrogens with one attached hydrogen (secondary N) is 2. The van der Waals surface area contributed by atoms with Gasteiger partial charge in [0.15, 0.2) is 5.96 Å². The third kappa shape index (κ3) is 2.82. The molecular formula is C15H19N3O2. The number of guanidine groups is 1. The van der Waals surface area contributed by atoms with Crippen LogP contribution in [0.4, 0.5) is 0 Å². The second-order valence-electron chi connectivity index (χ2n) is 5.23. The summed E-state index contributed by atoms with van der Waals surface area (Å²) in [6, 6.07) is 7.95. The number of nitrogens with zero attached hydrogens (tertiary/aromatic N) is 1. The Morgan fingerprint density at radius 2 is 2.15 bits per heavy atom. The summed E-state index contributed by atoms with van der Waals surface area (Å²) >= 11 is 0. The maximum absolute atomic E-state index is 12.0. The van der Waals surface area contributed by atoms with E-state index in [1.807, 2.05) is 12.1 Å². The first-order valence-electron chi connectivity index (χ1n) is 6.98. The molecule has 1 aliphatic carbocycles. The first-order valence-corrected chi connectivity index (χ1v) is 6.98. The van der Waals surface area contributed by atoms with Crippen LogP contribution in [-0.4, -0.2) is 32.1 Å². The van der Waals surface area contributed by atoms with Gasteiger partial charge in [0.2, 0.25) is 0 Å². The Hall–Kier alpha value is -1.88. The van der Waals surface area contributed by atoms with E-state index in [-0.39, 0.29) is 11.9 Å². The highest BCUT2D eigenvalue weighted by atomic mass is 16.5. The second-order valence-corrected chi connectivity index (χ2v) is 5.23. The van der Waals surface area contributed by atoms with E-state index in [1.165, 1.54) is 18.4 Å². The number of benzene rings is 1. The molecule has 1 amide bonds. The Labute approximate surface area is 118 Å². The molecule has 0 bridgehead atoms. The van der Waals surface area contributed by atoms with Gasteiger partial charge in [0.1, 0.15) is 6.04 Å². The van der Waals surface area contributed by atoms with Crippen molar-refractivity contribution in [3.05, 3.63) is 35.4 Å². The van der Waals surface area contributed by atoms with Crippen LogP contribution in [0.3, 0.4) is 0 Å². The lowest BCUT2D eigenvalue weighted by atomic mass is 10.0. The quantitative estimate of drug-likeness (QED) is 0.796. The molecule has 1 saturated heterocycles. The van der Waals surface area contributed by atoms with Gasteiger partial charge in [-0.05, 0) is 29.9 Å². The molecule has 0 radical (unpaired) electrons. The average molecular weight is 273 g/mol. The Bertz CT molecular complexity index is 538. The van der Waals surface area contributed by atoms with E-state index < -0.39 is 0 Å². The highest BCUT2D eigenvalue weighted by Gasteiger charge is 2.31. The van der Waals surface area contributed by atoms with Crippen LogP contribution in [0.15, 0.2) is 29.3 Å². The second kappa shape index (κ2) is 5.63. The van der Waals surface area contributed by atoms with Crippen molar-refractivity contribution < 1.29 is 9.53 Å². The van der Waals surface area contributed by atoms with Gasteiger partial charge in [0.05, 0.1) is 13.2 Å². The van der Waals surface area contributed by atoms with Crippen LogP contribution in [-0.2, 0) is 9.53 Å². The maximum atomic E-state index is 12.0. The number of ether oxygens (including phenoxy) is 1. The number of carbonyl (C=O) groups excluding carboxylic acids is 1. The number of methoxy groups -OCH3 is 1. The fourth-order valence-corrected chi connectivity index (χ4v) is 2.40. The van der Waals surface area contributed by atoms with Gasteiger partial charge in [-0.25, -0.2) is 0 Å². The third-order valence-corrected chi connectivity index (χ3v) is 3.64. The summed E-state index contributed by atoms with van der Waals surface area (Å²) in [6.45, 7) is 1.08. The van der Waals surface area contributed by atoms with Gasteiger partial charge in [-0.1, -0.05) is 24.3 Å².